The van der Waals surface area contributed by atoms with E-state index in [4.69, 9.17) is 9.40 Å². The van der Waals surface area contributed by atoms with Crippen molar-refractivity contribution in [3.05, 3.63) is 169 Å². The predicted octanol–water partition coefficient (Wildman–Crippen LogP) is 12.1. The summed E-state index contributed by atoms with van der Waals surface area (Å²) in [6.07, 6.45) is 0. The third kappa shape index (κ3) is 4.39. The Labute approximate surface area is 274 Å². The molecule has 0 atom stereocenters. The normalized spacial score (nSPS) is 13.1. The van der Waals surface area contributed by atoms with Gasteiger partial charge in [0.1, 0.15) is 5.52 Å². The largest absolute Gasteiger partial charge is 0.436 e. The molecule has 8 aromatic rings. The monoisotopic (exact) mass is 604 g/mol. The summed E-state index contributed by atoms with van der Waals surface area (Å²) in [6.45, 7) is 4.67. The van der Waals surface area contributed by atoms with Crippen molar-refractivity contribution >= 4 is 38.9 Å². The van der Waals surface area contributed by atoms with Gasteiger partial charge in [-0.1, -0.05) is 129 Å². The van der Waals surface area contributed by atoms with Crippen molar-refractivity contribution in [2.45, 2.75) is 19.3 Å². The van der Waals surface area contributed by atoms with E-state index in [1.807, 2.05) is 30.3 Å². The second kappa shape index (κ2) is 10.6. The highest BCUT2D eigenvalue weighted by molar-refractivity contribution is 6.12. The van der Waals surface area contributed by atoms with Crippen LogP contribution in [-0.2, 0) is 5.41 Å². The van der Waals surface area contributed by atoms with Crippen LogP contribution in [0.25, 0.3) is 55.6 Å². The van der Waals surface area contributed by atoms with Gasteiger partial charge in [0.2, 0.25) is 5.89 Å². The van der Waals surface area contributed by atoms with Gasteiger partial charge in [0.15, 0.2) is 5.58 Å². The number of rotatable bonds is 5. The topological polar surface area (TPSA) is 29.3 Å². The van der Waals surface area contributed by atoms with E-state index in [-0.39, 0.29) is 5.41 Å². The number of hydrogen-bond acceptors (Lipinski definition) is 3. The zero-order chi connectivity index (χ0) is 31.5. The molecule has 3 heteroatoms. The molecule has 7 aromatic carbocycles. The van der Waals surface area contributed by atoms with Crippen LogP contribution in [0.1, 0.15) is 25.0 Å². The predicted molar refractivity (Wildman–Crippen MR) is 195 cm³/mol. The fourth-order valence-corrected chi connectivity index (χ4v) is 7.34. The molecular formula is C44H32N2O. The molecule has 1 heterocycles. The van der Waals surface area contributed by atoms with Crippen molar-refractivity contribution in [2.75, 3.05) is 4.90 Å². The second-order valence-corrected chi connectivity index (χ2v) is 12.8. The maximum atomic E-state index is 6.53. The van der Waals surface area contributed by atoms with Gasteiger partial charge in [-0.3, -0.25) is 0 Å². The number of fused-ring (bicyclic) bond motifs is 6. The smallest absolute Gasteiger partial charge is 0.227 e. The average molecular weight is 605 g/mol. The third-order valence-corrected chi connectivity index (χ3v) is 9.68. The van der Waals surface area contributed by atoms with E-state index in [1.165, 1.54) is 33.4 Å². The van der Waals surface area contributed by atoms with Gasteiger partial charge in [-0.2, -0.15) is 0 Å². The summed E-state index contributed by atoms with van der Waals surface area (Å²) in [5.74, 6) is 0.623. The summed E-state index contributed by atoms with van der Waals surface area (Å²) >= 11 is 0. The molecule has 0 fully saturated rings. The van der Waals surface area contributed by atoms with Gasteiger partial charge in [-0.15, -0.1) is 0 Å². The van der Waals surface area contributed by atoms with Gasteiger partial charge in [-0.25, -0.2) is 4.98 Å². The Balaban J connectivity index is 1.30. The number of aromatic nitrogens is 1. The minimum Gasteiger partial charge on any atom is -0.436 e. The van der Waals surface area contributed by atoms with Gasteiger partial charge < -0.3 is 9.32 Å². The first-order valence-corrected chi connectivity index (χ1v) is 16.1. The summed E-state index contributed by atoms with van der Waals surface area (Å²) < 4.78 is 6.53. The summed E-state index contributed by atoms with van der Waals surface area (Å²) in [5.41, 5.74) is 13.3. The van der Waals surface area contributed by atoms with E-state index in [9.17, 15) is 0 Å². The molecule has 0 N–H and O–H groups in total. The minimum absolute atomic E-state index is 0.124. The Morgan fingerprint density at radius 2 is 1.15 bits per heavy atom. The molecule has 1 aromatic heterocycles. The SMILES string of the molecule is CC1(C)c2ccccc2-c2ccc(N(c3cccc(-c4ccccc4)c3)c3cc4oc(-c5ccccc5)nc4c4ccccc34)cc21. The van der Waals surface area contributed by atoms with Crippen LogP contribution < -0.4 is 4.90 Å². The highest BCUT2D eigenvalue weighted by Crippen LogP contribution is 2.51. The third-order valence-electron chi connectivity index (χ3n) is 9.68. The number of hydrogen-bond donors (Lipinski definition) is 0. The second-order valence-electron chi connectivity index (χ2n) is 12.8. The van der Waals surface area contributed by atoms with Gasteiger partial charge in [0, 0.05) is 39.2 Å². The lowest BCUT2D eigenvalue weighted by atomic mass is 9.82. The van der Waals surface area contributed by atoms with Crippen LogP contribution in [0.2, 0.25) is 0 Å². The van der Waals surface area contributed by atoms with E-state index in [0.717, 1.165) is 44.5 Å². The number of anilines is 3. The Morgan fingerprint density at radius 1 is 0.511 bits per heavy atom. The van der Waals surface area contributed by atoms with Gasteiger partial charge in [0.05, 0.1) is 5.69 Å². The molecule has 1 aliphatic carbocycles. The number of benzene rings is 7. The molecule has 1 aliphatic rings. The molecule has 9 rings (SSSR count). The van der Waals surface area contributed by atoms with Gasteiger partial charge >= 0.3 is 0 Å². The molecule has 0 unspecified atom stereocenters. The quantitative estimate of drug-likeness (QED) is 0.196. The van der Waals surface area contributed by atoms with Gasteiger partial charge in [0.25, 0.3) is 0 Å². The molecule has 0 saturated heterocycles. The lowest BCUT2D eigenvalue weighted by Crippen LogP contribution is -2.16. The highest BCUT2D eigenvalue weighted by Gasteiger charge is 2.36. The van der Waals surface area contributed by atoms with E-state index >= 15 is 0 Å². The van der Waals surface area contributed by atoms with Gasteiger partial charge in [-0.05, 0) is 69.8 Å². The van der Waals surface area contributed by atoms with E-state index in [0.29, 0.717) is 5.89 Å². The molecule has 3 nitrogen and oxygen atoms in total. The number of oxazole rings is 1. The molecular weight excluding hydrogens is 572 g/mol. The van der Waals surface area contributed by atoms with Crippen molar-refractivity contribution in [2.24, 2.45) is 0 Å². The fourth-order valence-electron chi connectivity index (χ4n) is 7.34. The Hall–Kier alpha value is -5.93. The average Bonchev–Trinajstić information content (AvgIpc) is 3.66. The molecule has 0 spiro atoms. The molecule has 0 radical (unpaired) electrons. The summed E-state index contributed by atoms with van der Waals surface area (Å²) in [4.78, 5) is 7.40. The first kappa shape index (κ1) is 27.4. The zero-order valence-electron chi connectivity index (χ0n) is 26.3. The summed E-state index contributed by atoms with van der Waals surface area (Å²) in [6, 6.07) is 56.0. The molecule has 47 heavy (non-hydrogen) atoms. The van der Waals surface area contributed by atoms with E-state index < -0.39 is 0 Å². The Kier molecular flexibility index (Phi) is 6.16. The van der Waals surface area contributed by atoms with E-state index in [1.54, 1.807) is 0 Å². The van der Waals surface area contributed by atoms with Crippen LogP contribution in [0.4, 0.5) is 17.1 Å². The summed E-state index contributed by atoms with van der Waals surface area (Å²) in [5, 5.41) is 2.17. The van der Waals surface area contributed by atoms with Crippen LogP contribution in [-0.4, -0.2) is 4.98 Å². The van der Waals surface area contributed by atoms with Crippen LogP contribution in [0.5, 0.6) is 0 Å². The van der Waals surface area contributed by atoms with Crippen molar-refractivity contribution in [1.29, 1.82) is 0 Å². The summed E-state index contributed by atoms with van der Waals surface area (Å²) in [7, 11) is 0. The Bertz CT molecular complexity index is 2440. The lowest BCUT2D eigenvalue weighted by molar-refractivity contribution is 0.620. The molecule has 0 amide bonds. The van der Waals surface area contributed by atoms with Crippen LogP contribution in [0.3, 0.4) is 0 Å². The van der Waals surface area contributed by atoms with Crippen molar-refractivity contribution in [3.63, 3.8) is 0 Å². The zero-order valence-corrected chi connectivity index (χ0v) is 26.3. The Morgan fingerprint density at radius 3 is 1.96 bits per heavy atom. The number of nitrogens with zero attached hydrogens (tertiary/aromatic N) is 2. The van der Waals surface area contributed by atoms with Crippen molar-refractivity contribution in [3.8, 4) is 33.7 Å². The first-order chi connectivity index (χ1) is 23.1. The van der Waals surface area contributed by atoms with Crippen LogP contribution in [0.15, 0.2) is 162 Å². The van der Waals surface area contributed by atoms with Crippen molar-refractivity contribution in [1.82, 2.24) is 4.98 Å². The first-order valence-electron chi connectivity index (χ1n) is 16.1. The standard InChI is InChI=1S/C44H32N2O/c1-44(2)38-23-12-11-20-34(38)35-25-24-33(27-39(35)44)46(32-19-13-18-31(26-32)29-14-5-3-6-15-29)40-28-41-42(37-22-10-9-21-36(37)40)45-43(47-41)30-16-7-4-8-17-30/h3-28H,1-2H3. The lowest BCUT2D eigenvalue weighted by Gasteiger charge is -2.29. The fraction of sp³-hybridized carbons (Fsp3) is 0.0682. The van der Waals surface area contributed by atoms with Crippen LogP contribution in [0, 0.1) is 0 Å². The molecule has 0 bridgehead atoms. The molecule has 0 saturated carbocycles. The highest BCUT2D eigenvalue weighted by atomic mass is 16.3. The van der Waals surface area contributed by atoms with Crippen molar-refractivity contribution < 1.29 is 4.42 Å². The maximum absolute atomic E-state index is 6.53. The molecule has 224 valence electrons. The maximum Gasteiger partial charge on any atom is 0.227 e. The minimum atomic E-state index is -0.124. The van der Waals surface area contributed by atoms with Crippen LogP contribution >= 0.6 is 0 Å². The van der Waals surface area contributed by atoms with E-state index in [2.05, 4.69) is 146 Å². The molecule has 0 aliphatic heterocycles.